The summed E-state index contributed by atoms with van der Waals surface area (Å²) in [5, 5.41) is 9.94. The molecule has 0 saturated carbocycles. The molecule has 0 atom stereocenters. The first kappa shape index (κ1) is 16.7. The molecule has 0 aliphatic rings. The van der Waals surface area contributed by atoms with Crippen molar-refractivity contribution in [3.63, 3.8) is 0 Å². The van der Waals surface area contributed by atoms with Crippen molar-refractivity contribution in [1.29, 1.82) is 0 Å². The number of hydrogen-bond acceptors (Lipinski definition) is 4. The molecule has 3 aromatic heterocycles. The van der Waals surface area contributed by atoms with Gasteiger partial charge >= 0.3 is 5.97 Å². The van der Waals surface area contributed by atoms with E-state index in [2.05, 4.69) is 15.0 Å². The summed E-state index contributed by atoms with van der Waals surface area (Å²) in [5.41, 5.74) is 1.82. The van der Waals surface area contributed by atoms with Crippen LogP contribution >= 0.6 is 0 Å². The summed E-state index contributed by atoms with van der Waals surface area (Å²) in [6, 6.07) is 15.8. The molecule has 3 heterocycles. The van der Waals surface area contributed by atoms with Crippen LogP contribution in [0, 0.1) is 11.9 Å². The van der Waals surface area contributed by atoms with Gasteiger partial charge in [-0.25, -0.2) is 14.8 Å². The molecular weight excluding hydrogens is 352 g/mol. The van der Waals surface area contributed by atoms with Crippen molar-refractivity contribution in [2.75, 3.05) is 0 Å². The Bertz CT molecular complexity index is 1190. The van der Waals surface area contributed by atoms with Gasteiger partial charge < -0.3 is 5.11 Å². The molecule has 0 aliphatic heterocycles. The number of carbonyl (C=O) groups is 1. The molecule has 27 heavy (non-hydrogen) atoms. The first-order chi connectivity index (χ1) is 13.0. The van der Waals surface area contributed by atoms with Crippen LogP contribution in [0.5, 0.6) is 0 Å². The van der Waals surface area contributed by atoms with Crippen molar-refractivity contribution < 1.29 is 18.7 Å². The Hall–Kier alpha value is -3.74. The number of nitrogens with zero attached hydrogens (tertiary/aromatic N) is 3. The predicted molar refractivity (Wildman–Crippen MR) is 95.1 cm³/mol. The largest absolute Gasteiger partial charge is 0.477 e. The summed E-state index contributed by atoms with van der Waals surface area (Å²) in [6.45, 7) is 0. The summed E-state index contributed by atoms with van der Waals surface area (Å²) in [6.07, 6.45) is 0. The summed E-state index contributed by atoms with van der Waals surface area (Å²) >= 11 is 0. The Balaban J connectivity index is 1.89. The highest BCUT2D eigenvalue weighted by Crippen LogP contribution is 2.29. The lowest BCUT2D eigenvalue weighted by atomic mass is 10.0. The van der Waals surface area contributed by atoms with Gasteiger partial charge in [0.2, 0.25) is 11.9 Å². The number of hydrogen-bond donors (Lipinski definition) is 1. The number of benzene rings is 1. The van der Waals surface area contributed by atoms with Gasteiger partial charge in [0.1, 0.15) is 5.69 Å². The van der Waals surface area contributed by atoms with E-state index in [9.17, 15) is 18.7 Å². The highest BCUT2D eigenvalue weighted by atomic mass is 19.1. The van der Waals surface area contributed by atoms with Crippen molar-refractivity contribution >= 4 is 16.9 Å². The third kappa shape index (κ3) is 3.10. The number of aromatic nitrogens is 3. The third-order valence-electron chi connectivity index (χ3n) is 4.06. The van der Waals surface area contributed by atoms with Gasteiger partial charge in [0.25, 0.3) is 0 Å². The number of halogens is 2. The van der Waals surface area contributed by atoms with Crippen LogP contribution in [0.3, 0.4) is 0 Å². The number of para-hydroxylation sites is 1. The molecule has 0 spiro atoms. The fourth-order valence-corrected chi connectivity index (χ4v) is 2.81. The monoisotopic (exact) mass is 363 g/mol. The molecule has 4 aromatic rings. The van der Waals surface area contributed by atoms with Gasteiger partial charge in [-0.3, -0.25) is 0 Å². The Labute approximate surface area is 152 Å². The molecule has 1 aromatic carbocycles. The van der Waals surface area contributed by atoms with Crippen LogP contribution in [0.25, 0.3) is 33.4 Å². The van der Waals surface area contributed by atoms with E-state index in [1.807, 2.05) is 6.07 Å². The van der Waals surface area contributed by atoms with E-state index in [-0.39, 0.29) is 17.0 Å². The summed E-state index contributed by atoms with van der Waals surface area (Å²) in [5.74, 6) is -3.00. The lowest BCUT2D eigenvalue weighted by molar-refractivity contribution is 0.0691. The Morgan fingerprint density at radius 2 is 1.52 bits per heavy atom. The second kappa shape index (κ2) is 6.53. The molecule has 0 bridgehead atoms. The lowest BCUT2D eigenvalue weighted by Gasteiger charge is -2.08. The summed E-state index contributed by atoms with van der Waals surface area (Å²) in [4.78, 5) is 23.1. The second-order valence-electron chi connectivity index (χ2n) is 5.76. The predicted octanol–water partition coefficient (Wildman–Crippen LogP) is 4.34. The number of carboxylic acids is 1. The van der Waals surface area contributed by atoms with E-state index in [1.165, 1.54) is 12.1 Å². The molecule has 1 N–H and O–H groups in total. The average molecular weight is 363 g/mol. The van der Waals surface area contributed by atoms with E-state index in [4.69, 9.17) is 0 Å². The zero-order chi connectivity index (χ0) is 19.0. The molecule has 0 unspecified atom stereocenters. The minimum Gasteiger partial charge on any atom is -0.477 e. The molecule has 0 radical (unpaired) electrons. The van der Waals surface area contributed by atoms with Crippen LogP contribution in [-0.2, 0) is 0 Å². The Morgan fingerprint density at radius 1 is 0.778 bits per heavy atom. The minimum absolute atomic E-state index is 0.0673. The van der Waals surface area contributed by atoms with E-state index in [1.54, 1.807) is 36.4 Å². The highest BCUT2D eigenvalue weighted by molar-refractivity contribution is 5.96. The first-order valence-electron chi connectivity index (χ1n) is 7.96. The Morgan fingerprint density at radius 3 is 2.26 bits per heavy atom. The van der Waals surface area contributed by atoms with Crippen molar-refractivity contribution in [2.24, 2.45) is 0 Å². The van der Waals surface area contributed by atoms with Gasteiger partial charge in [0.15, 0.2) is 0 Å². The lowest BCUT2D eigenvalue weighted by Crippen LogP contribution is -2.01. The molecular formula is C20H11F2N3O2. The normalized spacial score (nSPS) is 10.9. The van der Waals surface area contributed by atoms with Crippen molar-refractivity contribution in [1.82, 2.24) is 15.0 Å². The standard InChI is InChI=1S/C20H11F2N3O2/c21-17-10-8-13(19(22)25-17)15-6-2-5-14(23-15)12-4-1-3-11-7-9-16(20(26)27)24-18(11)12/h1-10H,(H,26,27). The smallest absolute Gasteiger partial charge is 0.354 e. The topological polar surface area (TPSA) is 76.0 Å². The number of pyridine rings is 3. The molecule has 5 nitrogen and oxygen atoms in total. The molecule has 0 fully saturated rings. The Kier molecular flexibility index (Phi) is 4.04. The zero-order valence-electron chi connectivity index (χ0n) is 13.7. The van der Waals surface area contributed by atoms with E-state index >= 15 is 0 Å². The van der Waals surface area contributed by atoms with Crippen molar-refractivity contribution in [2.45, 2.75) is 0 Å². The maximum Gasteiger partial charge on any atom is 0.354 e. The van der Waals surface area contributed by atoms with Crippen LogP contribution in [0.15, 0.2) is 60.7 Å². The minimum atomic E-state index is -1.13. The van der Waals surface area contributed by atoms with Crippen LogP contribution in [0.2, 0.25) is 0 Å². The molecule has 0 aliphatic carbocycles. The average Bonchev–Trinajstić information content (AvgIpc) is 2.67. The van der Waals surface area contributed by atoms with Crippen molar-refractivity contribution in [3.8, 4) is 22.5 Å². The SMILES string of the molecule is O=C(O)c1ccc2cccc(-c3cccc(-c4ccc(F)nc4F)n3)c2n1. The quantitative estimate of drug-likeness (QED) is 0.548. The van der Waals surface area contributed by atoms with Crippen molar-refractivity contribution in [3.05, 3.63) is 78.3 Å². The van der Waals surface area contributed by atoms with Gasteiger partial charge in [-0.15, -0.1) is 0 Å². The summed E-state index contributed by atoms with van der Waals surface area (Å²) in [7, 11) is 0. The first-order valence-corrected chi connectivity index (χ1v) is 7.96. The maximum atomic E-state index is 14.0. The van der Waals surface area contributed by atoms with E-state index < -0.39 is 17.9 Å². The fourth-order valence-electron chi connectivity index (χ4n) is 2.81. The molecule has 132 valence electrons. The fraction of sp³-hybridized carbons (Fsp3) is 0. The van der Waals surface area contributed by atoms with Gasteiger partial charge in [0.05, 0.1) is 22.5 Å². The van der Waals surface area contributed by atoms with E-state index in [0.717, 1.165) is 11.5 Å². The zero-order valence-corrected chi connectivity index (χ0v) is 13.7. The molecule has 0 saturated heterocycles. The maximum absolute atomic E-state index is 14.0. The number of aromatic carboxylic acids is 1. The van der Waals surface area contributed by atoms with Gasteiger partial charge in [-0.2, -0.15) is 13.8 Å². The molecule has 4 rings (SSSR count). The second-order valence-corrected chi connectivity index (χ2v) is 5.76. The molecule has 0 amide bonds. The van der Waals surface area contributed by atoms with Crippen LogP contribution in [0.4, 0.5) is 8.78 Å². The highest BCUT2D eigenvalue weighted by Gasteiger charge is 2.13. The third-order valence-corrected chi connectivity index (χ3v) is 4.06. The van der Waals surface area contributed by atoms with Gasteiger partial charge in [0, 0.05) is 10.9 Å². The molecule has 7 heteroatoms. The summed E-state index contributed by atoms with van der Waals surface area (Å²) < 4.78 is 27.1. The van der Waals surface area contributed by atoms with Gasteiger partial charge in [-0.1, -0.05) is 30.3 Å². The number of carboxylic acid groups (broad SMARTS) is 1. The van der Waals surface area contributed by atoms with Crippen LogP contribution in [-0.4, -0.2) is 26.0 Å². The van der Waals surface area contributed by atoms with Gasteiger partial charge in [-0.05, 0) is 30.3 Å². The van der Waals surface area contributed by atoms with E-state index in [0.29, 0.717) is 16.8 Å². The number of fused-ring (bicyclic) bond motifs is 1. The van der Waals surface area contributed by atoms with Crippen LogP contribution in [0.1, 0.15) is 10.5 Å². The van der Waals surface area contributed by atoms with Crippen LogP contribution < -0.4 is 0 Å². The number of rotatable bonds is 3.